The van der Waals surface area contributed by atoms with E-state index in [0.717, 1.165) is 11.1 Å². The van der Waals surface area contributed by atoms with Crippen molar-refractivity contribution in [2.45, 2.75) is 13.0 Å². The summed E-state index contributed by atoms with van der Waals surface area (Å²) < 4.78 is 18.3. The third-order valence-electron chi connectivity index (χ3n) is 3.44. The fraction of sp³-hybridized carbons (Fsp3) is 0.150. The largest absolute Gasteiger partial charge is 0.484 e. The highest BCUT2D eigenvalue weighted by molar-refractivity contribution is 5.78. The maximum atomic E-state index is 13.3. The summed E-state index contributed by atoms with van der Waals surface area (Å²) in [6.45, 7) is 1.75. The SMILES string of the molecule is COC(C)=N/C=C(\C=C\C(O)c1cccc(F)c1)c1ccccc1. The average Bonchev–Trinajstić information content (AvgIpc) is 2.62. The first-order valence-corrected chi connectivity index (χ1v) is 7.56. The van der Waals surface area contributed by atoms with Crippen LogP contribution >= 0.6 is 0 Å². The van der Waals surface area contributed by atoms with Crippen LogP contribution in [0.4, 0.5) is 4.39 Å². The Morgan fingerprint density at radius 3 is 2.58 bits per heavy atom. The van der Waals surface area contributed by atoms with Gasteiger partial charge in [0.05, 0.1) is 13.2 Å². The van der Waals surface area contributed by atoms with Gasteiger partial charge in [-0.25, -0.2) is 9.38 Å². The van der Waals surface area contributed by atoms with Crippen molar-refractivity contribution in [1.29, 1.82) is 0 Å². The summed E-state index contributed by atoms with van der Waals surface area (Å²) in [5, 5.41) is 10.2. The third-order valence-corrected chi connectivity index (χ3v) is 3.44. The van der Waals surface area contributed by atoms with Gasteiger partial charge in [0, 0.05) is 13.1 Å². The Morgan fingerprint density at radius 1 is 1.17 bits per heavy atom. The molecule has 0 spiro atoms. The minimum Gasteiger partial charge on any atom is -0.484 e. The van der Waals surface area contributed by atoms with Gasteiger partial charge in [-0.2, -0.15) is 0 Å². The Balaban J connectivity index is 2.28. The number of halogens is 1. The molecule has 2 aromatic rings. The smallest absolute Gasteiger partial charge is 0.184 e. The van der Waals surface area contributed by atoms with Gasteiger partial charge in [0.15, 0.2) is 5.90 Å². The summed E-state index contributed by atoms with van der Waals surface area (Å²) >= 11 is 0. The minimum absolute atomic E-state index is 0.376. The molecule has 124 valence electrons. The van der Waals surface area contributed by atoms with Gasteiger partial charge < -0.3 is 9.84 Å². The molecular weight excluding hydrogens is 305 g/mol. The lowest BCUT2D eigenvalue weighted by atomic mass is 10.0. The molecule has 0 aliphatic carbocycles. The van der Waals surface area contributed by atoms with Crippen LogP contribution in [0.2, 0.25) is 0 Å². The number of aliphatic imine (C=N–C) groups is 1. The van der Waals surface area contributed by atoms with Gasteiger partial charge in [-0.15, -0.1) is 0 Å². The van der Waals surface area contributed by atoms with Crippen molar-refractivity contribution < 1.29 is 14.2 Å². The minimum atomic E-state index is -0.902. The molecule has 1 atom stereocenters. The van der Waals surface area contributed by atoms with E-state index in [2.05, 4.69) is 4.99 Å². The van der Waals surface area contributed by atoms with E-state index in [1.54, 1.807) is 44.5 Å². The van der Waals surface area contributed by atoms with Crippen molar-refractivity contribution in [3.63, 3.8) is 0 Å². The zero-order valence-corrected chi connectivity index (χ0v) is 13.7. The van der Waals surface area contributed by atoms with Gasteiger partial charge in [-0.3, -0.25) is 0 Å². The molecular formula is C20H20FNO2. The highest BCUT2D eigenvalue weighted by Crippen LogP contribution is 2.20. The number of nitrogens with zero attached hydrogens (tertiary/aromatic N) is 1. The molecule has 0 saturated heterocycles. The third kappa shape index (κ3) is 5.18. The molecule has 0 saturated carbocycles. The van der Waals surface area contributed by atoms with Crippen LogP contribution in [0.5, 0.6) is 0 Å². The monoisotopic (exact) mass is 325 g/mol. The summed E-state index contributed by atoms with van der Waals surface area (Å²) in [7, 11) is 1.55. The number of ether oxygens (including phenoxy) is 1. The van der Waals surface area contributed by atoms with E-state index >= 15 is 0 Å². The topological polar surface area (TPSA) is 41.8 Å². The fourth-order valence-corrected chi connectivity index (χ4v) is 2.05. The zero-order chi connectivity index (χ0) is 17.4. The molecule has 0 heterocycles. The summed E-state index contributed by atoms with van der Waals surface area (Å²) in [6.07, 6.45) is 4.13. The maximum absolute atomic E-state index is 13.3. The second kappa shape index (κ2) is 8.79. The molecule has 3 nitrogen and oxygen atoms in total. The van der Waals surface area contributed by atoms with Crippen LogP contribution < -0.4 is 0 Å². The molecule has 0 aromatic heterocycles. The Labute approximate surface area is 141 Å². The van der Waals surface area contributed by atoms with Crippen LogP contribution in [0.1, 0.15) is 24.2 Å². The lowest BCUT2D eigenvalue weighted by molar-refractivity contribution is 0.228. The zero-order valence-electron chi connectivity index (χ0n) is 13.7. The molecule has 0 fully saturated rings. The van der Waals surface area contributed by atoms with Gasteiger partial charge in [-0.1, -0.05) is 54.6 Å². The number of methoxy groups -OCH3 is 1. The van der Waals surface area contributed by atoms with E-state index in [9.17, 15) is 9.50 Å². The van der Waals surface area contributed by atoms with Crippen LogP contribution in [0.3, 0.4) is 0 Å². The van der Waals surface area contributed by atoms with Crippen molar-refractivity contribution in [2.75, 3.05) is 7.11 Å². The molecule has 0 aliphatic rings. The van der Waals surface area contributed by atoms with Crippen LogP contribution in [-0.4, -0.2) is 18.1 Å². The van der Waals surface area contributed by atoms with E-state index in [1.165, 1.54) is 12.1 Å². The maximum Gasteiger partial charge on any atom is 0.184 e. The van der Waals surface area contributed by atoms with E-state index < -0.39 is 6.10 Å². The fourth-order valence-electron chi connectivity index (χ4n) is 2.05. The van der Waals surface area contributed by atoms with Crippen molar-refractivity contribution in [2.24, 2.45) is 4.99 Å². The molecule has 0 aliphatic heterocycles. The van der Waals surface area contributed by atoms with Crippen molar-refractivity contribution in [3.8, 4) is 0 Å². The summed E-state index contributed by atoms with van der Waals surface area (Å²) in [5.74, 6) is 0.154. The van der Waals surface area contributed by atoms with Gasteiger partial charge in [0.25, 0.3) is 0 Å². The van der Waals surface area contributed by atoms with E-state index in [-0.39, 0.29) is 5.82 Å². The average molecular weight is 325 g/mol. The lowest BCUT2D eigenvalue weighted by Crippen LogP contribution is -1.94. The predicted octanol–water partition coefficient (Wildman–Crippen LogP) is 4.52. The van der Waals surface area contributed by atoms with Gasteiger partial charge in [0.2, 0.25) is 0 Å². The summed E-state index contributed by atoms with van der Waals surface area (Å²) in [5.41, 5.74) is 2.26. The molecule has 0 amide bonds. The normalized spacial score (nSPS) is 14.0. The number of hydrogen-bond donors (Lipinski definition) is 1. The van der Waals surface area contributed by atoms with E-state index in [0.29, 0.717) is 11.5 Å². The van der Waals surface area contributed by atoms with Gasteiger partial charge >= 0.3 is 0 Å². The summed E-state index contributed by atoms with van der Waals surface area (Å²) in [4.78, 5) is 4.22. The van der Waals surface area contributed by atoms with Crippen LogP contribution in [0, 0.1) is 5.82 Å². The molecule has 0 radical (unpaired) electrons. The van der Waals surface area contributed by atoms with Crippen LogP contribution in [-0.2, 0) is 4.74 Å². The Morgan fingerprint density at radius 2 is 1.92 bits per heavy atom. The molecule has 0 bridgehead atoms. The van der Waals surface area contributed by atoms with E-state index in [1.807, 2.05) is 30.3 Å². The molecule has 2 aromatic carbocycles. The van der Waals surface area contributed by atoms with Crippen molar-refractivity contribution in [1.82, 2.24) is 0 Å². The second-order valence-electron chi connectivity index (χ2n) is 5.16. The second-order valence-corrected chi connectivity index (χ2v) is 5.16. The number of allylic oxidation sites excluding steroid dienone is 2. The molecule has 2 rings (SSSR count). The summed E-state index contributed by atoms with van der Waals surface area (Å²) in [6, 6.07) is 15.6. The lowest BCUT2D eigenvalue weighted by Gasteiger charge is -2.07. The highest BCUT2D eigenvalue weighted by Gasteiger charge is 2.05. The van der Waals surface area contributed by atoms with Gasteiger partial charge in [-0.05, 0) is 28.8 Å². The van der Waals surface area contributed by atoms with Crippen molar-refractivity contribution >= 4 is 11.5 Å². The number of aliphatic hydroxyl groups is 1. The number of rotatable bonds is 5. The Bertz CT molecular complexity index is 751. The first-order chi connectivity index (χ1) is 11.6. The van der Waals surface area contributed by atoms with E-state index in [4.69, 9.17) is 4.74 Å². The Kier molecular flexibility index (Phi) is 6.46. The van der Waals surface area contributed by atoms with Crippen LogP contribution in [0.25, 0.3) is 5.57 Å². The Hall–Kier alpha value is -2.72. The number of benzene rings is 2. The first-order valence-electron chi connectivity index (χ1n) is 7.56. The van der Waals surface area contributed by atoms with Crippen LogP contribution in [0.15, 0.2) is 77.9 Å². The highest BCUT2D eigenvalue weighted by atomic mass is 19.1. The van der Waals surface area contributed by atoms with Crippen molar-refractivity contribution in [3.05, 3.63) is 89.9 Å². The number of aliphatic hydroxyl groups excluding tert-OH is 1. The quantitative estimate of drug-likeness (QED) is 0.499. The number of hydrogen-bond acceptors (Lipinski definition) is 3. The molecule has 1 unspecified atom stereocenters. The molecule has 1 N–H and O–H groups in total. The standard InChI is InChI=1S/C20H20FNO2/c1-15(24-2)22-14-18(16-7-4-3-5-8-16)11-12-20(23)17-9-6-10-19(21)13-17/h3-14,20,23H,1-2H3/b12-11+,18-14+,22-15?. The molecule has 24 heavy (non-hydrogen) atoms. The molecule has 4 heteroatoms. The first kappa shape index (κ1) is 17.6. The van der Waals surface area contributed by atoms with Gasteiger partial charge in [0.1, 0.15) is 5.82 Å². The predicted molar refractivity (Wildman–Crippen MR) is 95.0 cm³/mol.